The molecule has 0 saturated carbocycles. The zero-order chi connectivity index (χ0) is 45.3. The number of hydrogen-bond acceptors (Lipinski definition) is 9. The molecular weight excluding hydrogens is 785 g/mol. The lowest BCUT2D eigenvalue weighted by Gasteiger charge is -2.40. The molecule has 1 aliphatic rings. The van der Waals surface area contributed by atoms with Crippen LogP contribution in [0.25, 0.3) is 10.4 Å². The molecule has 1 heterocycles. The molecule has 1 aliphatic heterocycles. The van der Waals surface area contributed by atoms with Gasteiger partial charge in [0, 0.05) is 11.3 Å². The van der Waals surface area contributed by atoms with Crippen LogP contribution in [0, 0.1) is 0 Å². The topological polar surface area (TPSA) is 197 Å². The average Bonchev–Trinajstić information content (AvgIpc) is 3.27. The molecule has 0 radical (unpaired) electrons. The van der Waals surface area contributed by atoms with Crippen LogP contribution >= 0.6 is 0 Å². The van der Waals surface area contributed by atoms with E-state index in [9.17, 15) is 30.3 Å². The molecule has 12 nitrogen and oxygen atoms in total. The zero-order valence-corrected chi connectivity index (χ0v) is 40.0. The number of unbranched alkanes of at least 4 members (excludes halogenated alkanes) is 33. The molecule has 0 aliphatic carbocycles. The molecule has 8 atom stereocenters. The molecule has 0 unspecified atom stereocenters. The summed E-state index contributed by atoms with van der Waals surface area (Å²) in [7, 11) is 0. The molecule has 6 N–H and O–H groups in total. The largest absolute Gasteiger partial charge is 0.390 e. The van der Waals surface area contributed by atoms with Gasteiger partial charge < -0.3 is 40.3 Å². The lowest BCUT2D eigenvalue weighted by Crippen LogP contribution is -2.60. The summed E-state index contributed by atoms with van der Waals surface area (Å²) < 4.78 is 11.4. The van der Waals surface area contributed by atoms with Crippen molar-refractivity contribution in [1.82, 2.24) is 5.32 Å². The van der Waals surface area contributed by atoms with Crippen molar-refractivity contribution in [2.75, 3.05) is 13.2 Å². The lowest BCUT2D eigenvalue weighted by atomic mass is 9.98. The highest BCUT2D eigenvalue weighted by Gasteiger charge is 2.44. The van der Waals surface area contributed by atoms with Crippen molar-refractivity contribution in [3.63, 3.8) is 0 Å². The van der Waals surface area contributed by atoms with Crippen molar-refractivity contribution in [3.05, 3.63) is 10.4 Å². The van der Waals surface area contributed by atoms with Gasteiger partial charge in [0.05, 0.1) is 31.4 Å². The Kier molecular flexibility index (Phi) is 39.8. The first kappa shape index (κ1) is 58.5. The Labute approximate surface area is 379 Å². The highest BCUT2D eigenvalue weighted by atomic mass is 16.7. The van der Waals surface area contributed by atoms with Gasteiger partial charge in [0.2, 0.25) is 5.91 Å². The molecule has 1 rings (SSSR count). The van der Waals surface area contributed by atoms with Crippen LogP contribution in [0.15, 0.2) is 5.11 Å². The van der Waals surface area contributed by atoms with E-state index in [2.05, 4.69) is 29.2 Å². The molecule has 1 amide bonds. The normalized spacial score (nSPS) is 20.5. The molecule has 0 spiro atoms. The van der Waals surface area contributed by atoms with E-state index in [4.69, 9.17) is 15.0 Å². The van der Waals surface area contributed by atoms with Crippen molar-refractivity contribution in [3.8, 4) is 0 Å². The monoisotopic (exact) mass is 883 g/mol. The number of nitrogens with zero attached hydrogens (tertiary/aromatic N) is 3. The van der Waals surface area contributed by atoms with Crippen LogP contribution in [-0.2, 0) is 14.3 Å². The van der Waals surface area contributed by atoms with Crippen molar-refractivity contribution in [2.24, 2.45) is 5.11 Å². The number of carbonyl (C=O) groups excluding carboxylic acids is 1. The van der Waals surface area contributed by atoms with E-state index < -0.39 is 49.0 Å². The molecule has 1 fully saturated rings. The van der Waals surface area contributed by atoms with Crippen LogP contribution in [0.5, 0.6) is 0 Å². The first-order chi connectivity index (χ1) is 30.3. The molecule has 0 aromatic rings. The van der Waals surface area contributed by atoms with Crippen LogP contribution < -0.4 is 5.32 Å². The molecule has 62 heavy (non-hydrogen) atoms. The van der Waals surface area contributed by atoms with Crippen LogP contribution in [0.1, 0.15) is 251 Å². The van der Waals surface area contributed by atoms with E-state index >= 15 is 0 Å². The predicted octanol–water partition coefficient (Wildman–Crippen LogP) is 11.8. The summed E-state index contributed by atoms with van der Waals surface area (Å²) in [5.41, 5.74) is 8.71. The number of ether oxygens (including phenoxy) is 2. The maximum atomic E-state index is 13.1. The summed E-state index contributed by atoms with van der Waals surface area (Å²) in [4.78, 5) is 15.8. The molecule has 0 aromatic heterocycles. The minimum Gasteiger partial charge on any atom is -0.390 e. The second-order valence-electron chi connectivity index (χ2n) is 18.7. The van der Waals surface area contributed by atoms with Crippen molar-refractivity contribution < 1.29 is 39.8 Å². The number of rotatable bonds is 45. The number of azide groups is 1. The Morgan fingerprint density at radius 3 is 1.34 bits per heavy atom. The van der Waals surface area contributed by atoms with Gasteiger partial charge in [-0.25, -0.2) is 0 Å². The number of aliphatic hydroxyl groups is 5. The fourth-order valence-electron chi connectivity index (χ4n) is 8.73. The minimum atomic E-state index is -1.62. The average molecular weight is 883 g/mol. The van der Waals surface area contributed by atoms with Gasteiger partial charge in [0.25, 0.3) is 0 Å². The summed E-state index contributed by atoms with van der Waals surface area (Å²) in [6, 6.07) is -1.00. The Hall–Kier alpha value is -1.50. The fraction of sp³-hybridized carbons (Fsp3) is 0.980. The summed E-state index contributed by atoms with van der Waals surface area (Å²) in [6.07, 6.45) is 35.2. The first-order valence-electron chi connectivity index (χ1n) is 26.2. The number of hydrogen-bond donors (Lipinski definition) is 6. The molecular formula is C50H98N4O8. The Bertz CT molecular complexity index is 1050. The third-order valence-electron chi connectivity index (χ3n) is 12.9. The maximum Gasteiger partial charge on any atom is 0.220 e. The van der Waals surface area contributed by atoms with Gasteiger partial charge in [0.15, 0.2) is 6.29 Å². The fourth-order valence-corrected chi connectivity index (χ4v) is 8.73. The van der Waals surface area contributed by atoms with Gasteiger partial charge >= 0.3 is 0 Å². The van der Waals surface area contributed by atoms with E-state index in [1.165, 1.54) is 173 Å². The minimum absolute atomic E-state index is 0.263. The van der Waals surface area contributed by atoms with Crippen LogP contribution in [0.2, 0.25) is 0 Å². The van der Waals surface area contributed by atoms with E-state index in [0.29, 0.717) is 12.8 Å². The van der Waals surface area contributed by atoms with Crippen LogP contribution in [0.3, 0.4) is 0 Å². The zero-order valence-electron chi connectivity index (χ0n) is 40.0. The van der Waals surface area contributed by atoms with E-state index in [1.54, 1.807) is 0 Å². The molecule has 366 valence electrons. The third-order valence-corrected chi connectivity index (χ3v) is 12.9. The summed E-state index contributed by atoms with van der Waals surface area (Å²) in [6.45, 7) is 3.91. The molecule has 0 aromatic carbocycles. The quantitative estimate of drug-likeness (QED) is 0.0150. The highest BCUT2D eigenvalue weighted by Crippen LogP contribution is 2.24. The van der Waals surface area contributed by atoms with Gasteiger partial charge in [-0.15, -0.1) is 0 Å². The Balaban J connectivity index is 2.33. The second kappa shape index (κ2) is 42.2. The van der Waals surface area contributed by atoms with Crippen LogP contribution in [0.4, 0.5) is 0 Å². The van der Waals surface area contributed by atoms with Gasteiger partial charge in [-0.3, -0.25) is 4.79 Å². The number of amides is 1. The first-order valence-corrected chi connectivity index (χ1v) is 26.2. The number of aliphatic hydroxyl groups excluding tert-OH is 5. The standard InChI is InChI=1S/C50H98N4O8/c1-3-5-7-9-11-13-15-17-18-19-20-21-22-23-24-25-26-27-29-31-33-35-37-39-45(56)53-42(41-61-50-49(60)48(59)47(58)44(62-50)40-52-54-51)46(57)43(55)38-36-34-32-30-28-16-14-12-10-8-6-4-2/h42-44,46-50,55,57-60H,3-41H2,1-2H3,(H,53,56)/t42-,43+,44+,46-,47-,48-,49+,50-/m0/s1. The van der Waals surface area contributed by atoms with Gasteiger partial charge in [0.1, 0.15) is 24.4 Å². The van der Waals surface area contributed by atoms with Gasteiger partial charge in [-0.1, -0.05) is 237 Å². The third kappa shape index (κ3) is 31.4. The second-order valence-corrected chi connectivity index (χ2v) is 18.7. The summed E-state index contributed by atoms with van der Waals surface area (Å²) in [5.74, 6) is -0.263. The Morgan fingerprint density at radius 2 is 0.952 bits per heavy atom. The van der Waals surface area contributed by atoms with Crippen LogP contribution in [-0.4, -0.2) is 93.5 Å². The molecule has 1 saturated heterocycles. The lowest BCUT2D eigenvalue weighted by molar-refractivity contribution is -0.296. The van der Waals surface area contributed by atoms with Crippen molar-refractivity contribution in [2.45, 2.75) is 300 Å². The maximum absolute atomic E-state index is 13.1. The number of nitrogens with one attached hydrogen (secondary N) is 1. The summed E-state index contributed by atoms with van der Waals surface area (Å²) in [5, 5.41) is 59.7. The SMILES string of the molecule is CCCCCCCCCCCCCCCCCCCCCCCCCC(=O)N[C@@H](CO[C@H]1O[C@H](CN=[N+]=[N-])[C@H](O)[C@H](O)[C@H]1O)[C@H](O)[C@H](O)CCCCCCCCCCCCCC. The summed E-state index contributed by atoms with van der Waals surface area (Å²) >= 11 is 0. The van der Waals surface area contributed by atoms with Gasteiger partial charge in [-0.2, -0.15) is 0 Å². The highest BCUT2D eigenvalue weighted by molar-refractivity contribution is 5.76. The van der Waals surface area contributed by atoms with Gasteiger partial charge in [-0.05, 0) is 18.4 Å². The molecule has 0 bridgehead atoms. The van der Waals surface area contributed by atoms with Crippen molar-refractivity contribution >= 4 is 5.91 Å². The van der Waals surface area contributed by atoms with Crippen molar-refractivity contribution in [1.29, 1.82) is 0 Å². The van der Waals surface area contributed by atoms with E-state index in [1.807, 2.05) is 0 Å². The predicted molar refractivity (Wildman–Crippen MR) is 253 cm³/mol. The number of carbonyl (C=O) groups is 1. The van der Waals surface area contributed by atoms with E-state index in [-0.39, 0.29) is 25.5 Å². The smallest absolute Gasteiger partial charge is 0.220 e. The molecule has 12 heteroatoms. The van der Waals surface area contributed by atoms with E-state index in [0.717, 1.165) is 44.9 Å². The Morgan fingerprint density at radius 1 is 0.581 bits per heavy atom.